The molecule has 1 amide bonds. The number of amides is 1. The Morgan fingerprint density at radius 1 is 1.12 bits per heavy atom. The van der Waals surface area contributed by atoms with E-state index in [1.165, 1.54) is 7.11 Å². The zero-order chi connectivity index (χ0) is 22.1. The first-order chi connectivity index (χ1) is 15.6. The van der Waals surface area contributed by atoms with Gasteiger partial charge in [-0.15, -0.1) is 0 Å². The third-order valence-electron chi connectivity index (χ3n) is 5.34. The molecule has 4 aromatic rings. The number of H-pyrrole nitrogens is 1. The second kappa shape index (κ2) is 8.10. The zero-order valence-electron chi connectivity index (χ0n) is 17.3. The number of nitrogens with one attached hydrogen (secondary N) is 3. The molecule has 0 bridgehead atoms. The number of nitrogens with zero attached hydrogens (tertiary/aromatic N) is 3. The van der Waals surface area contributed by atoms with E-state index in [2.05, 4.69) is 30.8 Å². The van der Waals surface area contributed by atoms with E-state index in [1.807, 2.05) is 24.3 Å². The fourth-order valence-electron chi connectivity index (χ4n) is 3.74. The van der Waals surface area contributed by atoms with E-state index in [1.54, 1.807) is 24.4 Å². The summed E-state index contributed by atoms with van der Waals surface area (Å²) in [7, 11) is 1.34. The van der Waals surface area contributed by atoms with E-state index < -0.39 is 5.97 Å². The Bertz CT molecular complexity index is 1350. The van der Waals surface area contributed by atoms with Crippen LogP contribution in [0, 0.1) is 0 Å². The summed E-state index contributed by atoms with van der Waals surface area (Å²) in [6.07, 6.45) is 3.83. The molecule has 0 spiro atoms. The first kappa shape index (κ1) is 19.7. The standard InChI is InChI=1S/C23H20N6O3/c1-32-23(31)15-6-2-5-14(10-15)21-27-18-12-24-29-20(18)22(28-21)25-16-9-8-13-4-3-7-19(30)26-17(13)11-16/h2,5-6,8-12H,3-4,7H2,1H3,(H,24,29)(H,26,30)(H,25,27,28). The number of carbonyl (C=O) groups excluding carboxylic acids is 2. The highest BCUT2D eigenvalue weighted by molar-refractivity contribution is 5.94. The normalized spacial score (nSPS) is 13.2. The van der Waals surface area contributed by atoms with Crippen molar-refractivity contribution in [2.45, 2.75) is 19.3 Å². The molecule has 0 radical (unpaired) electrons. The van der Waals surface area contributed by atoms with Gasteiger partial charge >= 0.3 is 5.97 Å². The summed E-state index contributed by atoms with van der Waals surface area (Å²) in [6, 6.07) is 12.8. The Morgan fingerprint density at radius 2 is 2.03 bits per heavy atom. The monoisotopic (exact) mass is 428 g/mol. The highest BCUT2D eigenvalue weighted by Crippen LogP contribution is 2.30. The fraction of sp³-hybridized carbons (Fsp3) is 0.174. The highest BCUT2D eigenvalue weighted by atomic mass is 16.5. The number of fused-ring (bicyclic) bond motifs is 2. The van der Waals surface area contributed by atoms with Gasteiger partial charge in [0.2, 0.25) is 5.91 Å². The van der Waals surface area contributed by atoms with Crippen molar-refractivity contribution in [3.63, 3.8) is 0 Å². The first-order valence-corrected chi connectivity index (χ1v) is 10.2. The predicted octanol–water partition coefficient (Wildman–Crippen LogP) is 3.82. The maximum atomic E-state index is 12.0. The lowest BCUT2D eigenvalue weighted by Gasteiger charge is -2.12. The van der Waals surface area contributed by atoms with Gasteiger partial charge in [-0.25, -0.2) is 14.8 Å². The molecule has 1 aliphatic rings. The SMILES string of the molecule is COC(=O)c1cccc(-c2nc(Nc3ccc4c(c3)NC(=O)CCC4)c3[nH]ncc3n2)c1. The van der Waals surface area contributed by atoms with E-state index >= 15 is 0 Å². The van der Waals surface area contributed by atoms with Gasteiger partial charge in [-0.1, -0.05) is 18.2 Å². The lowest BCUT2D eigenvalue weighted by molar-refractivity contribution is -0.116. The molecule has 2 aromatic carbocycles. The van der Waals surface area contributed by atoms with Crippen molar-refractivity contribution in [1.82, 2.24) is 20.2 Å². The molecule has 0 fully saturated rings. The van der Waals surface area contributed by atoms with Crippen LogP contribution in [-0.2, 0) is 16.0 Å². The maximum Gasteiger partial charge on any atom is 0.337 e. The summed E-state index contributed by atoms with van der Waals surface area (Å²) in [4.78, 5) is 33.1. The van der Waals surface area contributed by atoms with Gasteiger partial charge in [0, 0.05) is 23.4 Å². The van der Waals surface area contributed by atoms with E-state index in [4.69, 9.17) is 4.74 Å². The maximum absolute atomic E-state index is 12.0. The number of aromatic nitrogens is 4. The van der Waals surface area contributed by atoms with Crippen LogP contribution in [0.15, 0.2) is 48.7 Å². The quantitative estimate of drug-likeness (QED) is 0.422. The van der Waals surface area contributed by atoms with Gasteiger partial charge in [-0.3, -0.25) is 9.89 Å². The Hall–Kier alpha value is -4.27. The van der Waals surface area contributed by atoms with Crippen LogP contribution in [0.2, 0.25) is 0 Å². The van der Waals surface area contributed by atoms with Gasteiger partial charge in [0.25, 0.3) is 0 Å². The van der Waals surface area contributed by atoms with Crippen molar-refractivity contribution in [3.8, 4) is 11.4 Å². The van der Waals surface area contributed by atoms with Crippen LogP contribution in [-0.4, -0.2) is 39.2 Å². The minimum atomic E-state index is -0.429. The van der Waals surface area contributed by atoms with Gasteiger partial charge in [0.05, 0.1) is 18.9 Å². The average molecular weight is 428 g/mol. The molecule has 5 rings (SSSR count). The molecule has 9 heteroatoms. The molecule has 32 heavy (non-hydrogen) atoms. The Kier molecular flexibility index (Phi) is 4.98. The van der Waals surface area contributed by atoms with E-state index in [0.29, 0.717) is 40.2 Å². The number of anilines is 3. The Morgan fingerprint density at radius 3 is 2.91 bits per heavy atom. The summed E-state index contributed by atoms with van der Waals surface area (Å²) in [5.74, 6) is 0.564. The minimum absolute atomic E-state index is 0.0201. The number of aryl methyl sites for hydroxylation is 1. The summed E-state index contributed by atoms with van der Waals surface area (Å²) >= 11 is 0. The van der Waals surface area contributed by atoms with Crippen molar-refractivity contribution in [1.29, 1.82) is 0 Å². The van der Waals surface area contributed by atoms with Gasteiger partial charge in [0.15, 0.2) is 11.6 Å². The molecule has 0 unspecified atom stereocenters. The second-order valence-electron chi connectivity index (χ2n) is 7.50. The number of hydrogen-bond donors (Lipinski definition) is 3. The number of aromatic amines is 1. The number of carbonyl (C=O) groups is 2. The van der Waals surface area contributed by atoms with E-state index in [9.17, 15) is 9.59 Å². The molecule has 0 saturated carbocycles. The van der Waals surface area contributed by atoms with Crippen LogP contribution in [0.1, 0.15) is 28.8 Å². The van der Waals surface area contributed by atoms with Gasteiger partial charge < -0.3 is 15.4 Å². The number of esters is 1. The summed E-state index contributed by atoms with van der Waals surface area (Å²) < 4.78 is 4.81. The smallest absolute Gasteiger partial charge is 0.337 e. The minimum Gasteiger partial charge on any atom is -0.465 e. The van der Waals surface area contributed by atoms with Crippen molar-refractivity contribution in [2.75, 3.05) is 17.7 Å². The molecular formula is C23H20N6O3. The van der Waals surface area contributed by atoms with Gasteiger partial charge in [-0.05, 0) is 42.7 Å². The molecule has 0 atom stereocenters. The largest absolute Gasteiger partial charge is 0.465 e. The molecule has 3 heterocycles. The lowest BCUT2D eigenvalue weighted by Crippen LogP contribution is -2.09. The van der Waals surface area contributed by atoms with E-state index in [0.717, 1.165) is 29.8 Å². The van der Waals surface area contributed by atoms with Crippen molar-refractivity contribution in [3.05, 3.63) is 59.8 Å². The van der Waals surface area contributed by atoms with Crippen LogP contribution in [0.5, 0.6) is 0 Å². The van der Waals surface area contributed by atoms with Crippen molar-refractivity contribution >= 4 is 40.1 Å². The van der Waals surface area contributed by atoms with Crippen molar-refractivity contribution < 1.29 is 14.3 Å². The second-order valence-corrected chi connectivity index (χ2v) is 7.50. The van der Waals surface area contributed by atoms with Gasteiger partial charge in [0.1, 0.15) is 11.0 Å². The average Bonchev–Trinajstić information content (AvgIpc) is 3.21. The summed E-state index contributed by atoms with van der Waals surface area (Å²) in [5.41, 5.74) is 5.05. The van der Waals surface area contributed by atoms with Crippen LogP contribution in [0.3, 0.4) is 0 Å². The molecule has 3 N–H and O–H groups in total. The molecule has 160 valence electrons. The molecule has 2 aromatic heterocycles. The van der Waals surface area contributed by atoms with Crippen LogP contribution in [0.25, 0.3) is 22.4 Å². The Balaban J connectivity index is 1.54. The third-order valence-corrected chi connectivity index (χ3v) is 5.34. The van der Waals surface area contributed by atoms with Crippen LogP contribution in [0.4, 0.5) is 17.2 Å². The molecular weight excluding hydrogens is 408 g/mol. The van der Waals surface area contributed by atoms with Crippen LogP contribution < -0.4 is 10.6 Å². The first-order valence-electron chi connectivity index (χ1n) is 10.2. The molecule has 1 aliphatic heterocycles. The molecule has 0 saturated heterocycles. The number of hydrogen-bond acceptors (Lipinski definition) is 7. The fourth-order valence-corrected chi connectivity index (χ4v) is 3.74. The third kappa shape index (κ3) is 3.76. The number of rotatable bonds is 4. The lowest BCUT2D eigenvalue weighted by atomic mass is 10.1. The zero-order valence-corrected chi connectivity index (χ0v) is 17.3. The van der Waals surface area contributed by atoms with Gasteiger partial charge in [-0.2, -0.15) is 5.10 Å². The highest BCUT2D eigenvalue weighted by Gasteiger charge is 2.16. The number of ether oxygens (including phenoxy) is 1. The topological polar surface area (TPSA) is 122 Å². The summed E-state index contributed by atoms with van der Waals surface area (Å²) in [5, 5.41) is 13.3. The summed E-state index contributed by atoms with van der Waals surface area (Å²) in [6.45, 7) is 0. The molecule has 9 nitrogen and oxygen atoms in total. The van der Waals surface area contributed by atoms with E-state index in [-0.39, 0.29) is 5.91 Å². The molecule has 0 aliphatic carbocycles. The Labute approximate surface area is 183 Å². The number of methoxy groups -OCH3 is 1. The van der Waals surface area contributed by atoms with Crippen LogP contribution >= 0.6 is 0 Å². The number of benzene rings is 2. The predicted molar refractivity (Wildman–Crippen MR) is 120 cm³/mol. The van der Waals surface area contributed by atoms with Crippen molar-refractivity contribution in [2.24, 2.45) is 0 Å².